The van der Waals surface area contributed by atoms with Crippen LogP contribution in [0.5, 0.6) is 0 Å². The molecule has 0 aromatic rings. The second-order valence-corrected chi connectivity index (χ2v) is 6.16. The maximum Gasteiger partial charge on any atom is 0.0110 e. The minimum atomic E-state index is 0.655. The molecule has 2 aliphatic carbocycles. The number of hydrogen-bond donors (Lipinski definition) is 1. The van der Waals surface area contributed by atoms with Crippen LogP contribution in [0.25, 0.3) is 0 Å². The highest BCUT2D eigenvalue weighted by molar-refractivity contribution is 4.88. The maximum absolute atomic E-state index is 3.65. The molecule has 0 aromatic carbocycles. The molecule has 0 aliphatic heterocycles. The Morgan fingerprint density at radius 1 is 1.12 bits per heavy atom. The second-order valence-electron chi connectivity index (χ2n) is 6.16. The van der Waals surface area contributed by atoms with Crippen LogP contribution < -0.4 is 5.32 Å². The zero-order valence-corrected chi connectivity index (χ0v) is 11.2. The van der Waals surface area contributed by atoms with Gasteiger partial charge in [0.1, 0.15) is 0 Å². The van der Waals surface area contributed by atoms with Crippen LogP contribution in [0.15, 0.2) is 0 Å². The lowest BCUT2D eigenvalue weighted by Gasteiger charge is -2.24. The van der Waals surface area contributed by atoms with Gasteiger partial charge in [0, 0.05) is 31.7 Å². The molecule has 0 radical (unpaired) electrons. The zero-order chi connectivity index (χ0) is 11.5. The summed E-state index contributed by atoms with van der Waals surface area (Å²) in [5.74, 6) is 1.79. The van der Waals surface area contributed by atoms with Gasteiger partial charge in [0.25, 0.3) is 0 Å². The van der Waals surface area contributed by atoms with E-state index in [0.29, 0.717) is 6.04 Å². The molecule has 1 atom stereocenters. The third-order valence-electron chi connectivity index (χ3n) is 4.12. The Bertz CT molecular complexity index is 207. The van der Waals surface area contributed by atoms with Crippen LogP contribution in [0.1, 0.15) is 46.5 Å². The minimum Gasteiger partial charge on any atom is -0.313 e. The summed E-state index contributed by atoms with van der Waals surface area (Å²) in [5, 5.41) is 3.65. The summed E-state index contributed by atoms with van der Waals surface area (Å²) in [6, 6.07) is 1.60. The topological polar surface area (TPSA) is 15.3 Å². The third-order valence-corrected chi connectivity index (χ3v) is 4.12. The Kier molecular flexibility index (Phi) is 4.26. The molecule has 0 amide bonds. The summed E-state index contributed by atoms with van der Waals surface area (Å²) in [6.45, 7) is 10.7. The molecule has 2 aliphatic rings. The van der Waals surface area contributed by atoms with E-state index >= 15 is 0 Å². The van der Waals surface area contributed by atoms with Crippen molar-refractivity contribution in [3.05, 3.63) is 0 Å². The van der Waals surface area contributed by atoms with Crippen LogP contribution in [0.2, 0.25) is 0 Å². The van der Waals surface area contributed by atoms with E-state index in [1.807, 2.05) is 0 Å². The average Bonchev–Trinajstić information content (AvgIpc) is 3.09. The first kappa shape index (κ1) is 12.4. The van der Waals surface area contributed by atoms with Crippen molar-refractivity contribution in [2.45, 2.75) is 58.5 Å². The molecule has 2 heteroatoms. The molecule has 2 rings (SSSR count). The molecule has 1 unspecified atom stereocenters. The maximum atomic E-state index is 3.65. The van der Waals surface area contributed by atoms with Crippen molar-refractivity contribution < 1.29 is 0 Å². The molecule has 2 saturated carbocycles. The highest BCUT2D eigenvalue weighted by atomic mass is 15.2. The van der Waals surface area contributed by atoms with Crippen LogP contribution in [0, 0.1) is 11.8 Å². The van der Waals surface area contributed by atoms with Gasteiger partial charge in [-0.1, -0.05) is 13.8 Å². The molecule has 2 nitrogen and oxygen atoms in total. The molecule has 16 heavy (non-hydrogen) atoms. The molecule has 1 N–H and O–H groups in total. The molecule has 0 spiro atoms. The van der Waals surface area contributed by atoms with Crippen molar-refractivity contribution in [2.75, 3.05) is 19.6 Å². The number of nitrogens with zero attached hydrogens (tertiary/aromatic N) is 1. The van der Waals surface area contributed by atoms with Crippen LogP contribution in [0.4, 0.5) is 0 Å². The Morgan fingerprint density at radius 3 is 2.31 bits per heavy atom. The van der Waals surface area contributed by atoms with Gasteiger partial charge in [-0.2, -0.15) is 0 Å². The first-order valence-corrected chi connectivity index (χ1v) is 7.14. The van der Waals surface area contributed by atoms with Gasteiger partial charge in [0.15, 0.2) is 0 Å². The van der Waals surface area contributed by atoms with E-state index in [1.165, 1.54) is 45.3 Å². The molecule has 2 fully saturated rings. The molecule has 94 valence electrons. The van der Waals surface area contributed by atoms with Crippen molar-refractivity contribution in [3.8, 4) is 0 Å². The van der Waals surface area contributed by atoms with Crippen molar-refractivity contribution in [1.82, 2.24) is 10.2 Å². The highest BCUT2D eigenvalue weighted by Gasteiger charge is 2.33. The van der Waals surface area contributed by atoms with Crippen LogP contribution in [-0.4, -0.2) is 36.6 Å². The normalized spacial score (nSPS) is 23.1. The third kappa shape index (κ3) is 4.06. The van der Waals surface area contributed by atoms with Crippen LogP contribution in [-0.2, 0) is 0 Å². The van der Waals surface area contributed by atoms with Gasteiger partial charge < -0.3 is 5.32 Å². The van der Waals surface area contributed by atoms with E-state index in [4.69, 9.17) is 0 Å². The minimum absolute atomic E-state index is 0.655. The van der Waals surface area contributed by atoms with E-state index in [1.54, 1.807) is 0 Å². The second kappa shape index (κ2) is 5.50. The van der Waals surface area contributed by atoms with Crippen molar-refractivity contribution in [2.24, 2.45) is 11.8 Å². The fourth-order valence-electron chi connectivity index (χ4n) is 2.17. The predicted molar refractivity (Wildman–Crippen MR) is 69.6 cm³/mol. The standard InChI is InChI=1S/C14H28N2/c1-11(2)12(3)15-8-9-16(14-6-7-14)10-13-4-5-13/h11-15H,4-10H2,1-3H3. The fourth-order valence-corrected chi connectivity index (χ4v) is 2.17. The fraction of sp³-hybridized carbons (Fsp3) is 1.00. The summed E-state index contributed by atoms with van der Waals surface area (Å²) in [6.07, 6.45) is 5.87. The number of rotatable bonds is 8. The largest absolute Gasteiger partial charge is 0.313 e. The van der Waals surface area contributed by atoms with E-state index in [2.05, 4.69) is 31.0 Å². The summed E-state index contributed by atoms with van der Waals surface area (Å²) in [5.41, 5.74) is 0. The van der Waals surface area contributed by atoms with E-state index in [-0.39, 0.29) is 0 Å². The van der Waals surface area contributed by atoms with Gasteiger partial charge in [-0.25, -0.2) is 0 Å². The lowest BCUT2D eigenvalue weighted by molar-refractivity contribution is 0.245. The summed E-state index contributed by atoms with van der Waals surface area (Å²) in [7, 11) is 0. The van der Waals surface area contributed by atoms with Gasteiger partial charge in [-0.05, 0) is 44.4 Å². The first-order chi connectivity index (χ1) is 7.66. The lowest BCUT2D eigenvalue weighted by Crippen LogP contribution is -2.39. The van der Waals surface area contributed by atoms with Crippen molar-refractivity contribution in [1.29, 1.82) is 0 Å². The molecular formula is C14H28N2. The smallest absolute Gasteiger partial charge is 0.0110 e. The molecule has 0 heterocycles. The predicted octanol–water partition coefficient (Wildman–Crippen LogP) is 2.49. The summed E-state index contributed by atoms with van der Waals surface area (Å²) in [4.78, 5) is 2.73. The Hall–Kier alpha value is -0.0800. The van der Waals surface area contributed by atoms with Gasteiger partial charge in [-0.15, -0.1) is 0 Å². The van der Waals surface area contributed by atoms with Gasteiger partial charge in [0.2, 0.25) is 0 Å². The Morgan fingerprint density at radius 2 is 1.81 bits per heavy atom. The van der Waals surface area contributed by atoms with Gasteiger partial charge >= 0.3 is 0 Å². The Labute approximate surface area is 101 Å². The zero-order valence-electron chi connectivity index (χ0n) is 11.2. The Balaban J connectivity index is 1.61. The van der Waals surface area contributed by atoms with E-state index in [9.17, 15) is 0 Å². The van der Waals surface area contributed by atoms with Crippen LogP contribution >= 0.6 is 0 Å². The lowest BCUT2D eigenvalue weighted by atomic mass is 10.1. The monoisotopic (exact) mass is 224 g/mol. The quantitative estimate of drug-likeness (QED) is 0.681. The SMILES string of the molecule is CC(C)C(C)NCCN(CC1CC1)C1CC1. The molecule has 0 aromatic heterocycles. The van der Waals surface area contributed by atoms with E-state index in [0.717, 1.165) is 17.9 Å². The van der Waals surface area contributed by atoms with Gasteiger partial charge in [0.05, 0.1) is 0 Å². The van der Waals surface area contributed by atoms with Crippen molar-refractivity contribution >= 4 is 0 Å². The highest BCUT2D eigenvalue weighted by Crippen LogP contribution is 2.34. The summed E-state index contributed by atoms with van der Waals surface area (Å²) < 4.78 is 0. The molecular weight excluding hydrogens is 196 g/mol. The van der Waals surface area contributed by atoms with Crippen molar-refractivity contribution in [3.63, 3.8) is 0 Å². The number of nitrogens with one attached hydrogen (secondary N) is 1. The van der Waals surface area contributed by atoms with E-state index < -0.39 is 0 Å². The molecule has 0 saturated heterocycles. The molecule has 0 bridgehead atoms. The summed E-state index contributed by atoms with van der Waals surface area (Å²) >= 11 is 0. The number of hydrogen-bond acceptors (Lipinski definition) is 2. The average molecular weight is 224 g/mol. The van der Waals surface area contributed by atoms with Crippen LogP contribution in [0.3, 0.4) is 0 Å². The van der Waals surface area contributed by atoms with Gasteiger partial charge in [-0.3, -0.25) is 4.90 Å². The first-order valence-electron chi connectivity index (χ1n) is 7.14.